The van der Waals surface area contributed by atoms with Crippen molar-refractivity contribution in [2.24, 2.45) is 5.92 Å². The second-order valence-corrected chi connectivity index (χ2v) is 6.48. The van der Waals surface area contributed by atoms with Crippen LogP contribution in [0, 0.1) is 5.92 Å². The lowest BCUT2D eigenvalue weighted by Crippen LogP contribution is -2.24. The van der Waals surface area contributed by atoms with Crippen LogP contribution < -0.4 is 11.1 Å². The molecule has 1 N–H and O–H groups in total. The van der Waals surface area contributed by atoms with Crippen LogP contribution >= 0.6 is 0 Å². The summed E-state index contributed by atoms with van der Waals surface area (Å²) < 4.78 is 13.7. The van der Waals surface area contributed by atoms with Crippen molar-refractivity contribution in [1.82, 2.24) is 14.3 Å². The predicted molar refractivity (Wildman–Crippen MR) is 94.9 cm³/mol. The first-order valence-electron chi connectivity index (χ1n) is 8.67. The molecule has 0 aliphatic carbocycles. The van der Waals surface area contributed by atoms with E-state index in [2.05, 4.69) is 10.4 Å². The Kier molecular flexibility index (Phi) is 4.57. The molecule has 0 spiro atoms. The molecule has 0 radical (unpaired) electrons. The van der Waals surface area contributed by atoms with Gasteiger partial charge in [0.25, 0.3) is 0 Å². The van der Waals surface area contributed by atoms with Crippen molar-refractivity contribution in [2.75, 3.05) is 18.5 Å². The number of benzene rings is 1. The maximum Gasteiger partial charge on any atom is 0.420 e. The van der Waals surface area contributed by atoms with E-state index in [-0.39, 0.29) is 12.5 Å². The van der Waals surface area contributed by atoms with E-state index in [1.807, 2.05) is 10.9 Å². The molecule has 1 amide bonds. The molecule has 4 rings (SSSR count). The highest BCUT2D eigenvalue weighted by Crippen LogP contribution is 2.17. The minimum atomic E-state index is -0.545. The van der Waals surface area contributed by atoms with E-state index < -0.39 is 5.76 Å². The lowest BCUT2D eigenvalue weighted by atomic mass is 10.0. The van der Waals surface area contributed by atoms with Crippen LogP contribution in [0.3, 0.4) is 0 Å². The number of amides is 1. The van der Waals surface area contributed by atoms with Crippen LogP contribution in [0.15, 0.2) is 45.9 Å². The number of hydrogen-bond acceptors (Lipinski definition) is 5. The number of nitrogens with zero attached hydrogens (tertiary/aromatic N) is 3. The molecule has 0 saturated carbocycles. The van der Waals surface area contributed by atoms with Crippen molar-refractivity contribution in [3.63, 3.8) is 0 Å². The van der Waals surface area contributed by atoms with Crippen LogP contribution in [0.4, 0.5) is 5.69 Å². The van der Waals surface area contributed by atoms with Crippen LogP contribution in [0.25, 0.3) is 11.1 Å². The molecule has 2 aromatic heterocycles. The fraction of sp³-hybridized carbons (Fsp3) is 0.389. The number of rotatable bonds is 5. The number of nitrogens with one attached hydrogen (secondary N) is 1. The fourth-order valence-electron chi connectivity index (χ4n) is 3.23. The molecule has 0 atom stereocenters. The number of carbonyl (C=O) groups excluding carboxylic acids is 1. The summed E-state index contributed by atoms with van der Waals surface area (Å²) in [6.45, 7) is 2.29. The lowest BCUT2D eigenvalue weighted by molar-refractivity contribution is -0.116. The zero-order valence-corrected chi connectivity index (χ0v) is 14.3. The van der Waals surface area contributed by atoms with E-state index >= 15 is 0 Å². The molecule has 26 heavy (non-hydrogen) atoms. The van der Waals surface area contributed by atoms with Gasteiger partial charge in [-0.15, -0.1) is 0 Å². The van der Waals surface area contributed by atoms with Crippen molar-refractivity contribution >= 4 is 22.7 Å². The predicted octanol–water partition coefficient (Wildman–Crippen LogP) is 1.86. The van der Waals surface area contributed by atoms with Crippen molar-refractivity contribution in [2.45, 2.75) is 25.9 Å². The first kappa shape index (κ1) is 16.6. The minimum absolute atomic E-state index is 0.110. The van der Waals surface area contributed by atoms with Gasteiger partial charge in [-0.25, -0.2) is 4.79 Å². The molecule has 8 nitrogen and oxygen atoms in total. The van der Waals surface area contributed by atoms with Gasteiger partial charge in [0, 0.05) is 26.0 Å². The third-order valence-electron chi connectivity index (χ3n) is 4.58. The lowest BCUT2D eigenvalue weighted by Gasteiger charge is -2.21. The summed E-state index contributed by atoms with van der Waals surface area (Å²) in [5.41, 5.74) is 1.68. The van der Waals surface area contributed by atoms with Crippen molar-refractivity contribution in [3.8, 4) is 0 Å². The molecular weight excluding hydrogens is 336 g/mol. The SMILES string of the molecule is O=C(Cn1c(=O)oc2ccccc21)Nc1cnn(CC2CCOCC2)c1. The average molecular weight is 356 g/mol. The average Bonchev–Trinajstić information content (AvgIpc) is 3.20. The molecular formula is C18H20N4O4. The second kappa shape index (κ2) is 7.17. The Bertz CT molecular complexity index is 965. The number of oxazole rings is 1. The van der Waals surface area contributed by atoms with Gasteiger partial charge in [-0.2, -0.15) is 5.10 Å². The fourth-order valence-corrected chi connectivity index (χ4v) is 3.23. The van der Waals surface area contributed by atoms with Crippen LogP contribution in [0.1, 0.15) is 12.8 Å². The normalized spacial score (nSPS) is 15.4. The van der Waals surface area contributed by atoms with E-state index in [0.29, 0.717) is 22.7 Å². The van der Waals surface area contributed by atoms with E-state index in [0.717, 1.165) is 32.6 Å². The maximum atomic E-state index is 12.3. The Morgan fingerprint density at radius 2 is 2.08 bits per heavy atom. The largest absolute Gasteiger partial charge is 0.420 e. The number of anilines is 1. The van der Waals surface area contributed by atoms with E-state index in [4.69, 9.17) is 9.15 Å². The summed E-state index contributed by atoms with van der Waals surface area (Å²) in [5, 5.41) is 7.08. The monoisotopic (exact) mass is 356 g/mol. The summed E-state index contributed by atoms with van der Waals surface area (Å²) in [6, 6.07) is 7.03. The second-order valence-electron chi connectivity index (χ2n) is 6.48. The van der Waals surface area contributed by atoms with Gasteiger partial charge in [0.15, 0.2) is 5.58 Å². The van der Waals surface area contributed by atoms with Crippen molar-refractivity contribution < 1.29 is 13.9 Å². The standard InChI is InChI=1S/C18H20N4O4/c23-17(12-22-15-3-1-2-4-16(15)26-18(22)24)20-14-9-19-21(11-14)10-13-5-7-25-8-6-13/h1-4,9,11,13H,5-8,10,12H2,(H,20,23). The molecule has 3 aromatic rings. The van der Waals surface area contributed by atoms with Crippen molar-refractivity contribution in [3.05, 3.63) is 47.2 Å². The van der Waals surface area contributed by atoms with E-state index in [1.165, 1.54) is 4.57 Å². The third kappa shape index (κ3) is 3.55. The number of aromatic nitrogens is 3. The summed E-state index contributed by atoms with van der Waals surface area (Å²) in [5.74, 6) is -0.302. The Labute approximate surface area is 149 Å². The molecule has 1 fully saturated rings. The molecule has 1 aromatic carbocycles. The zero-order chi connectivity index (χ0) is 17.9. The van der Waals surface area contributed by atoms with Crippen LogP contribution in [-0.2, 0) is 22.6 Å². The smallest absolute Gasteiger partial charge is 0.408 e. The highest BCUT2D eigenvalue weighted by molar-refractivity contribution is 5.91. The van der Waals surface area contributed by atoms with Gasteiger partial charge in [0.1, 0.15) is 6.54 Å². The highest BCUT2D eigenvalue weighted by Gasteiger charge is 2.16. The third-order valence-corrected chi connectivity index (χ3v) is 4.58. The van der Waals surface area contributed by atoms with Gasteiger partial charge >= 0.3 is 5.76 Å². The molecule has 1 aliphatic rings. The molecule has 1 saturated heterocycles. The van der Waals surface area contributed by atoms with E-state index in [1.54, 1.807) is 30.5 Å². The van der Waals surface area contributed by atoms with Crippen molar-refractivity contribution in [1.29, 1.82) is 0 Å². The Morgan fingerprint density at radius 1 is 1.27 bits per heavy atom. The Hall–Kier alpha value is -2.87. The van der Waals surface area contributed by atoms with Gasteiger partial charge in [-0.1, -0.05) is 12.1 Å². The van der Waals surface area contributed by atoms with E-state index in [9.17, 15) is 9.59 Å². The molecule has 0 bridgehead atoms. The van der Waals surface area contributed by atoms with Crippen LogP contribution in [-0.4, -0.2) is 33.5 Å². The quantitative estimate of drug-likeness (QED) is 0.753. The molecule has 1 aliphatic heterocycles. The Balaban J connectivity index is 1.40. The van der Waals surface area contributed by atoms with Gasteiger partial charge in [-0.3, -0.25) is 14.0 Å². The number of para-hydroxylation sites is 2. The van der Waals surface area contributed by atoms with Crippen LogP contribution in [0.2, 0.25) is 0 Å². The minimum Gasteiger partial charge on any atom is -0.408 e. The maximum absolute atomic E-state index is 12.3. The summed E-state index contributed by atoms with van der Waals surface area (Å²) >= 11 is 0. The van der Waals surface area contributed by atoms with Crippen LogP contribution in [0.5, 0.6) is 0 Å². The first-order valence-corrected chi connectivity index (χ1v) is 8.67. The number of hydrogen-bond donors (Lipinski definition) is 1. The molecule has 3 heterocycles. The summed E-state index contributed by atoms with van der Waals surface area (Å²) in [7, 11) is 0. The van der Waals surface area contributed by atoms with Gasteiger partial charge in [-0.05, 0) is 30.9 Å². The number of fused-ring (bicyclic) bond motifs is 1. The number of carbonyl (C=O) groups is 1. The van der Waals surface area contributed by atoms with Gasteiger partial charge in [0.05, 0.1) is 17.4 Å². The molecule has 8 heteroatoms. The van der Waals surface area contributed by atoms with Gasteiger partial charge < -0.3 is 14.5 Å². The first-order chi connectivity index (χ1) is 12.7. The van der Waals surface area contributed by atoms with Gasteiger partial charge in [0.2, 0.25) is 5.91 Å². The highest BCUT2D eigenvalue weighted by atomic mass is 16.5. The molecule has 136 valence electrons. The summed E-state index contributed by atoms with van der Waals surface area (Å²) in [4.78, 5) is 24.3. The Morgan fingerprint density at radius 3 is 2.92 bits per heavy atom. The zero-order valence-electron chi connectivity index (χ0n) is 14.3. The summed E-state index contributed by atoms with van der Waals surface area (Å²) in [6.07, 6.45) is 5.48. The topological polar surface area (TPSA) is 91.3 Å². The number of ether oxygens (including phenoxy) is 1. The molecule has 0 unspecified atom stereocenters.